The van der Waals surface area contributed by atoms with Crippen LogP contribution >= 0.6 is 11.3 Å². The van der Waals surface area contributed by atoms with Gasteiger partial charge in [-0.25, -0.2) is 4.98 Å². The molecule has 0 saturated heterocycles. The van der Waals surface area contributed by atoms with Gasteiger partial charge < -0.3 is 15.0 Å². The van der Waals surface area contributed by atoms with Crippen molar-refractivity contribution < 1.29 is 9.53 Å². The summed E-state index contributed by atoms with van der Waals surface area (Å²) < 4.78 is 5.65. The quantitative estimate of drug-likeness (QED) is 0.691. The van der Waals surface area contributed by atoms with E-state index in [0.29, 0.717) is 24.5 Å². The van der Waals surface area contributed by atoms with Gasteiger partial charge in [-0.05, 0) is 42.0 Å². The second kappa shape index (κ2) is 8.49. The molecule has 6 heteroatoms. The Kier molecular flexibility index (Phi) is 5.86. The molecule has 1 N–H and O–H groups in total. The van der Waals surface area contributed by atoms with Crippen LogP contribution in [0.15, 0.2) is 59.4 Å². The third-order valence-corrected chi connectivity index (χ3v) is 4.53. The molecule has 134 valence electrons. The molecule has 3 rings (SSSR count). The van der Waals surface area contributed by atoms with Gasteiger partial charge in [0.15, 0.2) is 0 Å². The molecular formula is C20H21N3O2S. The number of benzene rings is 2. The predicted molar refractivity (Wildman–Crippen MR) is 105 cm³/mol. The molecule has 0 spiro atoms. The molecule has 0 bridgehead atoms. The monoisotopic (exact) mass is 367 g/mol. The molecule has 1 amide bonds. The molecular weight excluding hydrogens is 346 g/mol. The van der Waals surface area contributed by atoms with Gasteiger partial charge in [-0.15, -0.1) is 11.3 Å². The lowest BCUT2D eigenvalue weighted by atomic mass is 10.1. The highest BCUT2D eigenvalue weighted by Gasteiger charge is 2.06. The topological polar surface area (TPSA) is 54.5 Å². The van der Waals surface area contributed by atoms with E-state index in [0.717, 1.165) is 16.9 Å². The molecule has 0 aliphatic heterocycles. The smallest absolute Gasteiger partial charge is 0.251 e. The molecule has 0 saturated carbocycles. The molecule has 26 heavy (non-hydrogen) atoms. The molecule has 0 atom stereocenters. The molecule has 0 radical (unpaired) electrons. The number of carbonyl (C=O) groups excluding carboxylic acids is 1. The minimum absolute atomic E-state index is 0.104. The van der Waals surface area contributed by atoms with Gasteiger partial charge in [0, 0.05) is 37.3 Å². The minimum Gasteiger partial charge on any atom is -0.487 e. The van der Waals surface area contributed by atoms with E-state index in [1.807, 2.05) is 48.6 Å². The van der Waals surface area contributed by atoms with E-state index in [-0.39, 0.29) is 5.91 Å². The maximum atomic E-state index is 12.3. The fraction of sp³-hybridized carbons (Fsp3) is 0.200. The highest BCUT2D eigenvalue weighted by molar-refractivity contribution is 7.07. The summed E-state index contributed by atoms with van der Waals surface area (Å²) in [5, 5.41) is 4.89. The van der Waals surface area contributed by atoms with E-state index in [1.54, 1.807) is 41.1 Å². The molecule has 0 unspecified atom stereocenters. The second-order valence-electron chi connectivity index (χ2n) is 6.04. The van der Waals surface area contributed by atoms with Crippen molar-refractivity contribution in [3.8, 4) is 5.75 Å². The summed E-state index contributed by atoms with van der Waals surface area (Å²) in [4.78, 5) is 18.5. The van der Waals surface area contributed by atoms with Crippen LogP contribution in [-0.4, -0.2) is 25.0 Å². The van der Waals surface area contributed by atoms with Crippen LogP contribution in [0.5, 0.6) is 5.75 Å². The number of nitrogens with one attached hydrogen (secondary N) is 1. The summed E-state index contributed by atoms with van der Waals surface area (Å²) in [6.45, 7) is 0.923. The van der Waals surface area contributed by atoms with Gasteiger partial charge in [0.1, 0.15) is 12.4 Å². The number of anilines is 1. The first-order valence-corrected chi connectivity index (χ1v) is 9.20. The third kappa shape index (κ3) is 4.83. The van der Waals surface area contributed by atoms with Crippen LogP contribution in [0.3, 0.4) is 0 Å². The first kappa shape index (κ1) is 17.9. The first-order valence-electron chi connectivity index (χ1n) is 8.26. The van der Waals surface area contributed by atoms with Crippen molar-refractivity contribution in [2.75, 3.05) is 19.0 Å². The van der Waals surface area contributed by atoms with E-state index < -0.39 is 0 Å². The van der Waals surface area contributed by atoms with Crippen LogP contribution in [0, 0.1) is 0 Å². The summed E-state index contributed by atoms with van der Waals surface area (Å²) in [7, 11) is 4.00. The number of nitrogens with zero attached hydrogens (tertiary/aromatic N) is 2. The van der Waals surface area contributed by atoms with Crippen molar-refractivity contribution in [2.45, 2.75) is 13.2 Å². The Hall–Kier alpha value is -2.86. The number of hydrogen-bond acceptors (Lipinski definition) is 5. The minimum atomic E-state index is -0.104. The molecule has 1 aromatic heterocycles. The van der Waals surface area contributed by atoms with Gasteiger partial charge in [0.05, 0.1) is 11.2 Å². The van der Waals surface area contributed by atoms with E-state index >= 15 is 0 Å². The van der Waals surface area contributed by atoms with Gasteiger partial charge in [-0.1, -0.05) is 12.1 Å². The zero-order valence-corrected chi connectivity index (χ0v) is 15.6. The lowest BCUT2D eigenvalue weighted by molar-refractivity contribution is 0.0951. The average Bonchev–Trinajstić information content (AvgIpc) is 3.19. The average molecular weight is 367 g/mol. The molecule has 3 aromatic rings. The van der Waals surface area contributed by atoms with Crippen LogP contribution in [0.1, 0.15) is 21.6 Å². The lowest BCUT2D eigenvalue weighted by Gasteiger charge is -2.13. The van der Waals surface area contributed by atoms with Gasteiger partial charge in [0.2, 0.25) is 0 Å². The van der Waals surface area contributed by atoms with Crippen LogP contribution < -0.4 is 15.0 Å². The standard InChI is InChI=1S/C20H21N3O2S/c1-23(2)18-7-3-15(4-8-18)11-21-20(24)16-5-9-19(10-6-16)25-12-17-13-26-14-22-17/h3-10,13-14H,11-12H2,1-2H3,(H,21,24). The Balaban J connectivity index is 1.51. The third-order valence-electron chi connectivity index (χ3n) is 3.89. The number of rotatable bonds is 7. The largest absolute Gasteiger partial charge is 0.487 e. The maximum absolute atomic E-state index is 12.3. The molecule has 2 aromatic carbocycles. The fourth-order valence-electron chi connectivity index (χ4n) is 2.36. The van der Waals surface area contributed by atoms with Crippen LogP contribution in [0.25, 0.3) is 0 Å². The molecule has 0 fully saturated rings. The summed E-state index contributed by atoms with van der Waals surface area (Å²) in [5.74, 6) is 0.613. The number of amides is 1. The van der Waals surface area contributed by atoms with E-state index in [1.165, 1.54) is 0 Å². The number of thiazole rings is 1. The number of carbonyl (C=O) groups is 1. The Morgan fingerprint density at radius 3 is 2.46 bits per heavy atom. The van der Waals surface area contributed by atoms with Crippen molar-refractivity contribution in [3.05, 3.63) is 76.2 Å². The zero-order valence-electron chi connectivity index (χ0n) is 14.8. The maximum Gasteiger partial charge on any atom is 0.251 e. The van der Waals surface area contributed by atoms with Crippen molar-refractivity contribution in [3.63, 3.8) is 0 Å². The normalized spacial score (nSPS) is 10.4. The van der Waals surface area contributed by atoms with Crippen molar-refractivity contribution in [1.82, 2.24) is 10.3 Å². The molecule has 0 aliphatic rings. The Labute approximate surface area is 157 Å². The van der Waals surface area contributed by atoms with Gasteiger partial charge in [0.25, 0.3) is 5.91 Å². The fourth-order valence-corrected chi connectivity index (χ4v) is 2.91. The summed E-state index contributed by atoms with van der Waals surface area (Å²) >= 11 is 1.54. The number of ether oxygens (including phenoxy) is 1. The predicted octanol–water partition coefficient (Wildman–Crippen LogP) is 3.72. The van der Waals surface area contributed by atoms with Crippen LogP contribution in [0.2, 0.25) is 0 Å². The summed E-state index contributed by atoms with van der Waals surface area (Å²) in [6, 6.07) is 15.2. The number of aromatic nitrogens is 1. The van der Waals surface area contributed by atoms with Crippen LogP contribution in [-0.2, 0) is 13.2 Å². The SMILES string of the molecule is CN(C)c1ccc(CNC(=O)c2ccc(OCc3cscn3)cc2)cc1. The van der Waals surface area contributed by atoms with Crippen molar-refractivity contribution in [1.29, 1.82) is 0 Å². The van der Waals surface area contributed by atoms with Gasteiger partial charge in [-0.2, -0.15) is 0 Å². The van der Waals surface area contributed by atoms with E-state index in [4.69, 9.17) is 4.74 Å². The molecule has 1 heterocycles. The lowest BCUT2D eigenvalue weighted by Crippen LogP contribution is -2.22. The van der Waals surface area contributed by atoms with Gasteiger partial charge >= 0.3 is 0 Å². The second-order valence-corrected chi connectivity index (χ2v) is 6.76. The molecule has 5 nitrogen and oxygen atoms in total. The Bertz CT molecular complexity index is 829. The van der Waals surface area contributed by atoms with E-state index in [2.05, 4.69) is 10.3 Å². The highest BCUT2D eigenvalue weighted by Crippen LogP contribution is 2.15. The zero-order chi connectivity index (χ0) is 18.4. The summed E-state index contributed by atoms with van der Waals surface area (Å²) in [6.07, 6.45) is 0. The summed E-state index contributed by atoms with van der Waals surface area (Å²) in [5.41, 5.74) is 5.48. The first-order chi connectivity index (χ1) is 12.6. The van der Waals surface area contributed by atoms with Crippen LogP contribution in [0.4, 0.5) is 5.69 Å². The highest BCUT2D eigenvalue weighted by atomic mass is 32.1. The van der Waals surface area contributed by atoms with Crippen molar-refractivity contribution >= 4 is 22.9 Å². The van der Waals surface area contributed by atoms with Gasteiger partial charge in [-0.3, -0.25) is 4.79 Å². The Morgan fingerprint density at radius 1 is 1.12 bits per heavy atom. The Morgan fingerprint density at radius 2 is 1.85 bits per heavy atom. The molecule has 0 aliphatic carbocycles. The number of hydrogen-bond donors (Lipinski definition) is 1. The van der Waals surface area contributed by atoms with Crippen molar-refractivity contribution in [2.24, 2.45) is 0 Å². The van der Waals surface area contributed by atoms with E-state index in [9.17, 15) is 4.79 Å².